The quantitative estimate of drug-likeness (QED) is 0.231. The van der Waals surface area contributed by atoms with E-state index in [4.69, 9.17) is 34.8 Å². The number of carbonyl (C=O) groups is 1. The number of aromatic nitrogens is 1. The highest BCUT2D eigenvalue weighted by atomic mass is 35.5. The van der Waals surface area contributed by atoms with E-state index in [0.717, 1.165) is 27.7 Å². The fourth-order valence-electron chi connectivity index (χ4n) is 3.72. The van der Waals surface area contributed by atoms with Crippen LogP contribution in [0.5, 0.6) is 0 Å². The van der Waals surface area contributed by atoms with Gasteiger partial charge in [0.2, 0.25) is 0 Å². The highest BCUT2D eigenvalue weighted by Crippen LogP contribution is 2.32. The van der Waals surface area contributed by atoms with Gasteiger partial charge in [0.1, 0.15) is 11.6 Å². The Morgan fingerprint density at radius 3 is 2.45 bits per heavy atom. The van der Waals surface area contributed by atoms with Crippen molar-refractivity contribution in [3.8, 4) is 6.07 Å². The Balaban J connectivity index is 1.76. The van der Waals surface area contributed by atoms with Crippen LogP contribution in [0.3, 0.4) is 0 Å². The molecular formula is C26H18Cl3N3O. The van der Waals surface area contributed by atoms with Crippen molar-refractivity contribution in [2.45, 2.75) is 13.5 Å². The van der Waals surface area contributed by atoms with Crippen molar-refractivity contribution >= 4 is 63.4 Å². The molecule has 0 atom stereocenters. The van der Waals surface area contributed by atoms with Gasteiger partial charge in [-0.25, -0.2) is 0 Å². The van der Waals surface area contributed by atoms with Crippen molar-refractivity contribution in [3.63, 3.8) is 0 Å². The molecule has 4 rings (SSSR count). The van der Waals surface area contributed by atoms with Gasteiger partial charge in [0.15, 0.2) is 0 Å². The molecule has 4 aromatic rings. The number of benzene rings is 3. The van der Waals surface area contributed by atoms with E-state index in [0.29, 0.717) is 22.3 Å². The molecule has 1 heterocycles. The lowest BCUT2D eigenvalue weighted by Gasteiger charge is -2.10. The highest BCUT2D eigenvalue weighted by molar-refractivity contribution is 6.44. The lowest BCUT2D eigenvalue weighted by atomic mass is 10.1. The molecule has 3 aromatic carbocycles. The molecule has 1 amide bonds. The van der Waals surface area contributed by atoms with E-state index < -0.39 is 5.91 Å². The van der Waals surface area contributed by atoms with Crippen molar-refractivity contribution in [1.82, 2.24) is 4.57 Å². The van der Waals surface area contributed by atoms with E-state index >= 15 is 0 Å². The fraction of sp³-hybridized carbons (Fsp3) is 0.0769. The van der Waals surface area contributed by atoms with Crippen LogP contribution in [0.15, 0.2) is 72.3 Å². The van der Waals surface area contributed by atoms with Gasteiger partial charge in [-0.2, -0.15) is 5.26 Å². The molecule has 0 unspecified atom stereocenters. The number of nitriles is 1. The Kier molecular flexibility index (Phi) is 6.76. The second-order valence-corrected chi connectivity index (χ2v) is 8.61. The molecule has 0 saturated heterocycles. The lowest BCUT2D eigenvalue weighted by Crippen LogP contribution is -2.14. The predicted octanol–water partition coefficient (Wildman–Crippen LogP) is 7.50. The number of para-hydroxylation sites is 1. The maximum absolute atomic E-state index is 12.9. The third-order valence-corrected chi connectivity index (χ3v) is 6.61. The number of nitrogens with zero attached hydrogens (tertiary/aromatic N) is 2. The summed E-state index contributed by atoms with van der Waals surface area (Å²) in [5.41, 5.74) is 3.96. The van der Waals surface area contributed by atoms with E-state index in [-0.39, 0.29) is 10.6 Å². The van der Waals surface area contributed by atoms with Crippen LogP contribution in [0.2, 0.25) is 15.1 Å². The Labute approximate surface area is 206 Å². The van der Waals surface area contributed by atoms with Gasteiger partial charge in [-0.05, 0) is 42.8 Å². The molecule has 0 spiro atoms. The van der Waals surface area contributed by atoms with Crippen LogP contribution < -0.4 is 5.32 Å². The first-order valence-electron chi connectivity index (χ1n) is 10.1. The Morgan fingerprint density at radius 2 is 1.70 bits per heavy atom. The molecule has 0 bridgehead atoms. The Hall–Kier alpha value is -3.23. The molecule has 0 radical (unpaired) electrons. The van der Waals surface area contributed by atoms with E-state index in [9.17, 15) is 10.1 Å². The number of rotatable bonds is 5. The zero-order valence-electron chi connectivity index (χ0n) is 17.6. The largest absolute Gasteiger partial charge is 0.340 e. The SMILES string of the molecule is Cc1c(/C=C(/C#N)C(=O)Nc2cccc(Cl)c2Cl)c2ccccc2n1Cc1ccccc1Cl. The third-order valence-electron chi connectivity index (χ3n) is 5.42. The van der Waals surface area contributed by atoms with Crippen LogP contribution in [-0.2, 0) is 11.3 Å². The molecule has 0 fully saturated rings. The van der Waals surface area contributed by atoms with E-state index in [1.54, 1.807) is 24.3 Å². The fourth-order valence-corrected chi connectivity index (χ4v) is 4.27. The van der Waals surface area contributed by atoms with Crippen LogP contribution in [0.25, 0.3) is 17.0 Å². The van der Waals surface area contributed by atoms with Gasteiger partial charge in [-0.15, -0.1) is 0 Å². The number of carbonyl (C=O) groups excluding carboxylic acids is 1. The normalized spacial score (nSPS) is 11.4. The van der Waals surface area contributed by atoms with Gasteiger partial charge in [-0.3, -0.25) is 4.79 Å². The molecule has 1 N–H and O–H groups in total. The van der Waals surface area contributed by atoms with E-state index in [2.05, 4.69) is 9.88 Å². The number of fused-ring (bicyclic) bond motifs is 1. The minimum atomic E-state index is -0.566. The van der Waals surface area contributed by atoms with E-state index in [1.807, 2.05) is 61.5 Å². The lowest BCUT2D eigenvalue weighted by molar-refractivity contribution is -0.112. The van der Waals surface area contributed by atoms with Gasteiger partial charge >= 0.3 is 0 Å². The maximum atomic E-state index is 12.9. The number of amides is 1. The summed E-state index contributed by atoms with van der Waals surface area (Å²) in [5.74, 6) is -0.566. The Bertz CT molecular complexity index is 1450. The zero-order valence-corrected chi connectivity index (χ0v) is 19.8. The summed E-state index contributed by atoms with van der Waals surface area (Å²) in [6, 6.07) is 22.5. The van der Waals surface area contributed by atoms with Gasteiger partial charge in [-0.1, -0.05) is 77.3 Å². The molecule has 1 aromatic heterocycles. The summed E-state index contributed by atoms with van der Waals surface area (Å²) in [6.07, 6.45) is 1.61. The summed E-state index contributed by atoms with van der Waals surface area (Å²) >= 11 is 18.6. The van der Waals surface area contributed by atoms with Gasteiger partial charge in [0, 0.05) is 33.7 Å². The van der Waals surface area contributed by atoms with Gasteiger partial charge < -0.3 is 9.88 Å². The van der Waals surface area contributed by atoms with Crippen molar-refractivity contribution in [2.75, 3.05) is 5.32 Å². The van der Waals surface area contributed by atoms with Crippen LogP contribution >= 0.6 is 34.8 Å². The molecule has 7 heteroatoms. The van der Waals surface area contributed by atoms with Crippen molar-refractivity contribution in [3.05, 3.63) is 104 Å². The van der Waals surface area contributed by atoms with Crippen LogP contribution in [0.4, 0.5) is 5.69 Å². The minimum absolute atomic E-state index is 0.0465. The van der Waals surface area contributed by atoms with Crippen molar-refractivity contribution < 1.29 is 4.79 Å². The van der Waals surface area contributed by atoms with Crippen LogP contribution in [0.1, 0.15) is 16.8 Å². The number of hydrogen-bond acceptors (Lipinski definition) is 2. The first-order valence-corrected chi connectivity index (χ1v) is 11.2. The second-order valence-electron chi connectivity index (χ2n) is 7.42. The summed E-state index contributed by atoms with van der Waals surface area (Å²) in [6.45, 7) is 2.52. The van der Waals surface area contributed by atoms with Crippen LogP contribution in [0, 0.1) is 18.3 Å². The average Bonchev–Trinajstić information content (AvgIpc) is 3.07. The Morgan fingerprint density at radius 1 is 1.00 bits per heavy atom. The average molecular weight is 495 g/mol. The molecule has 164 valence electrons. The highest BCUT2D eigenvalue weighted by Gasteiger charge is 2.17. The summed E-state index contributed by atoms with van der Waals surface area (Å²) in [7, 11) is 0. The second kappa shape index (κ2) is 9.72. The topological polar surface area (TPSA) is 57.8 Å². The maximum Gasteiger partial charge on any atom is 0.266 e. The third kappa shape index (κ3) is 4.62. The van der Waals surface area contributed by atoms with Crippen LogP contribution in [-0.4, -0.2) is 10.5 Å². The number of anilines is 1. The zero-order chi connectivity index (χ0) is 23.5. The molecule has 33 heavy (non-hydrogen) atoms. The number of halogens is 3. The first-order chi connectivity index (χ1) is 15.9. The molecule has 0 aliphatic carbocycles. The molecule has 0 aliphatic heterocycles. The number of hydrogen-bond donors (Lipinski definition) is 1. The molecule has 0 aliphatic rings. The smallest absolute Gasteiger partial charge is 0.266 e. The minimum Gasteiger partial charge on any atom is -0.340 e. The number of nitrogens with one attached hydrogen (secondary N) is 1. The molecular weight excluding hydrogens is 477 g/mol. The summed E-state index contributed by atoms with van der Waals surface area (Å²) in [4.78, 5) is 12.9. The monoisotopic (exact) mass is 493 g/mol. The first kappa shape index (κ1) is 22.9. The van der Waals surface area contributed by atoms with Gasteiger partial charge in [0.25, 0.3) is 5.91 Å². The predicted molar refractivity (Wildman–Crippen MR) is 136 cm³/mol. The van der Waals surface area contributed by atoms with Crippen molar-refractivity contribution in [1.29, 1.82) is 5.26 Å². The van der Waals surface area contributed by atoms with E-state index in [1.165, 1.54) is 0 Å². The summed E-state index contributed by atoms with van der Waals surface area (Å²) in [5, 5.41) is 14.6. The van der Waals surface area contributed by atoms with Crippen molar-refractivity contribution in [2.24, 2.45) is 0 Å². The standard InChI is InChI=1S/C26H18Cl3N3O/c1-16-20(13-18(14-30)26(33)31-23-11-6-10-22(28)25(23)29)19-8-3-5-12-24(19)32(16)15-17-7-2-4-9-21(17)27/h2-13H,15H2,1H3,(H,31,33)/b18-13-. The molecule has 4 nitrogen and oxygen atoms in total. The van der Waals surface area contributed by atoms with Gasteiger partial charge in [0.05, 0.1) is 15.7 Å². The summed E-state index contributed by atoms with van der Waals surface area (Å²) < 4.78 is 2.13. The molecule has 0 saturated carbocycles.